The molecule has 1 aromatic carbocycles. The quantitative estimate of drug-likeness (QED) is 0.526. The van der Waals surface area contributed by atoms with Crippen molar-refractivity contribution in [2.75, 3.05) is 5.32 Å². The van der Waals surface area contributed by atoms with Gasteiger partial charge in [-0.15, -0.1) is 0 Å². The minimum atomic E-state index is -4.34. The number of fused-ring (bicyclic) bond motifs is 2. The van der Waals surface area contributed by atoms with Gasteiger partial charge in [-0.2, -0.15) is 22.8 Å². The predicted molar refractivity (Wildman–Crippen MR) is 115 cm³/mol. The first-order valence-corrected chi connectivity index (χ1v) is 11.2. The van der Waals surface area contributed by atoms with Crippen LogP contribution in [0.15, 0.2) is 47.5 Å². The lowest BCUT2D eigenvalue weighted by Gasteiger charge is -2.24. The van der Waals surface area contributed by atoms with Crippen molar-refractivity contribution in [2.45, 2.75) is 61.6 Å². The Morgan fingerprint density at radius 3 is 2.72 bits per heavy atom. The lowest BCUT2D eigenvalue weighted by Crippen LogP contribution is -2.35. The largest absolute Gasteiger partial charge is 0.446 e. The molecule has 0 unspecified atom stereocenters. The van der Waals surface area contributed by atoms with Crippen LogP contribution in [0.4, 0.5) is 19.0 Å². The number of hydrogen-bond donors (Lipinski definition) is 1. The van der Waals surface area contributed by atoms with Gasteiger partial charge in [0.1, 0.15) is 11.9 Å². The van der Waals surface area contributed by atoms with E-state index in [1.165, 1.54) is 12.1 Å². The summed E-state index contributed by atoms with van der Waals surface area (Å²) in [5, 5.41) is 8.16. The van der Waals surface area contributed by atoms with E-state index >= 15 is 0 Å². The molecule has 1 aliphatic carbocycles. The molecule has 6 nitrogen and oxygen atoms in total. The third-order valence-corrected chi connectivity index (χ3v) is 6.52. The average Bonchev–Trinajstić information content (AvgIpc) is 3.34. The second-order valence-electron chi connectivity index (χ2n) is 8.73. The van der Waals surface area contributed by atoms with E-state index in [0.29, 0.717) is 22.8 Å². The Balaban J connectivity index is 1.43. The summed E-state index contributed by atoms with van der Waals surface area (Å²) in [5.74, 6) is 0.474. The van der Waals surface area contributed by atoms with Gasteiger partial charge in [0.25, 0.3) is 0 Å². The SMILES string of the molecule is C[C@@H]1C[C@@H](Nc2ccnc3cc(-c4cccc(SC(F)(F)F)c4)nn23)[C@@H]2OC(C)(C)O[C@@H]21. The summed E-state index contributed by atoms with van der Waals surface area (Å²) in [5.41, 5.74) is -2.59. The second-order valence-corrected chi connectivity index (χ2v) is 9.87. The summed E-state index contributed by atoms with van der Waals surface area (Å²) in [7, 11) is 0. The summed E-state index contributed by atoms with van der Waals surface area (Å²) < 4.78 is 52.2. The van der Waals surface area contributed by atoms with Gasteiger partial charge in [-0.1, -0.05) is 19.1 Å². The van der Waals surface area contributed by atoms with Crippen molar-refractivity contribution >= 4 is 23.2 Å². The van der Waals surface area contributed by atoms with E-state index in [2.05, 4.69) is 22.3 Å². The number of aromatic nitrogens is 3. The van der Waals surface area contributed by atoms with E-state index in [1.807, 2.05) is 19.9 Å². The Morgan fingerprint density at radius 1 is 1.16 bits per heavy atom. The van der Waals surface area contributed by atoms with E-state index in [-0.39, 0.29) is 34.9 Å². The van der Waals surface area contributed by atoms with Crippen LogP contribution in [0.25, 0.3) is 16.9 Å². The minimum Gasteiger partial charge on any atom is -0.364 e. The number of thioether (sulfide) groups is 1. The van der Waals surface area contributed by atoms with Gasteiger partial charge in [0, 0.05) is 22.7 Å². The molecule has 5 rings (SSSR count). The van der Waals surface area contributed by atoms with Crippen molar-refractivity contribution in [2.24, 2.45) is 5.92 Å². The smallest absolute Gasteiger partial charge is 0.364 e. The van der Waals surface area contributed by atoms with E-state index in [0.717, 1.165) is 12.2 Å². The summed E-state index contributed by atoms with van der Waals surface area (Å²) >= 11 is -0.139. The Bertz CT molecular complexity index is 1150. The molecule has 3 heterocycles. The van der Waals surface area contributed by atoms with Gasteiger partial charge >= 0.3 is 5.51 Å². The van der Waals surface area contributed by atoms with E-state index in [4.69, 9.17) is 9.47 Å². The molecule has 2 fully saturated rings. The zero-order valence-electron chi connectivity index (χ0n) is 17.8. The molecule has 1 aliphatic heterocycles. The number of nitrogens with zero attached hydrogens (tertiary/aromatic N) is 3. The highest BCUT2D eigenvalue weighted by molar-refractivity contribution is 8.00. The maximum Gasteiger partial charge on any atom is 0.446 e. The van der Waals surface area contributed by atoms with Crippen molar-refractivity contribution < 1.29 is 22.6 Å². The van der Waals surface area contributed by atoms with Crippen LogP contribution in [0.1, 0.15) is 27.2 Å². The molecule has 32 heavy (non-hydrogen) atoms. The first kappa shape index (κ1) is 21.5. The van der Waals surface area contributed by atoms with Crippen LogP contribution in [0.3, 0.4) is 0 Å². The van der Waals surface area contributed by atoms with Gasteiger partial charge in [-0.25, -0.2) is 4.98 Å². The molecule has 1 saturated carbocycles. The Morgan fingerprint density at radius 2 is 1.94 bits per heavy atom. The molecule has 2 aliphatic rings. The third-order valence-electron chi connectivity index (χ3n) is 5.80. The van der Waals surface area contributed by atoms with Gasteiger partial charge in [0.15, 0.2) is 11.4 Å². The number of hydrogen-bond acceptors (Lipinski definition) is 6. The first-order valence-electron chi connectivity index (χ1n) is 10.4. The molecule has 3 aromatic rings. The van der Waals surface area contributed by atoms with Gasteiger partial charge in [0.05, 0.1) is 17.8 Å². The lowest BCUT2D eigenvalue weighted by molar-refractivity contribution is -0.156. The van der Waals surface area contributed by atoms with Crippen LogP contribution in [0.5, 0.6) is 0 Å². The van der Waals surface area contributed by atoms with Gasteiger partial charge in [-0.05, 0) is 56.1 Å². The highest BCUT2D eigenvalue weighted by Gasteiger charge is 2.52. The normalized spacial score (nSPS) is 27.1. The average molecular weight is 465 g/mol. The zero-order chi connectivity index (χ0) is 22.7. The number of halogens is 3. The van der Waals surface area contributed by atoms with Crippen molar-refractivity contribution in [3.63, 3.8) is 0 Å². The number of anilines is 1. The molecular weight excluding hydrogens is 441 g/mol. The minimum absolute atomic E-state index is 0.0295. The number of rotatable bonds is 4. The summed E-state index contributed by atoms with van der Waals surface area (Å²) in [6.07, 6.45) is 2.53. The lowest BCUT2D eigenvalue weighted by atomic mass is 10.1. The fourth-order valence-corrected chi connectivity index (χ4v) is 5.17. The van der Waals surface area contributed by atoms with Crippen molar-refractivity contribution in [3.8, 4) is 11.3 Å². The first-order chi connectivity index (χ1) is 15.1. The van der Waals surface area contributed by atoms with E-state index in [1.54, 1.807) is 28.9 Å². The molecule has 1 saturated heterocycles. The van der Waals surface area contributed by atoms with Crippen LogP contribution < -0.4 is 5.32 Å². The molecule has 0 amide bonds. The monoisotopic (exact) mass is 464 g/mol. The Labute approximate surface area is 187 Å². The number of benzene rings is 1. The van der Waals surface area contributed by atoms with Gasteiger partial charge in [-0.3, -0.25) is 0 Å². The maximum absolute atomic E-state index is 12.8. The van der Waals surface area contributed by atoms with Crippen LogP contribution in [0.2, 0.25) is 0 Å². The number of ether oxygens (including phenoxy) is 2. The Kier molecular flexibility index (Phi) is 5.14. The summed E-state index contributed by atoms with van der Waals surface area (Å²) in [6, 6.07) is 9.90. The topological polar surface area (TPSA) is 60.7 Å². The van der Waals surface area contributed by atoms with E-state index in [9.17, 15) is 13.2 Å². The van der Waals surface area contributed by atoms with Crippen LogP contribution in [-0.4, -0.2) is 44.1 Å². The summed E-state index contributed by atoms with van der Waals surface area (Å²) in [4.78, 5) is 4.48. The molecule has 0 radical (unpaired) electrons. The van der Waals surface area contributed by atoms with Gasteiger partial charge < -0.3 is 14.8 Å². The molecule has 0 spiro atoms. The maximum atomic E-state index is 12.8. The number of nitrogens with one attached hydrogen (secondary N) is 1. The van der Waals surface area contributed by atoms with Crippen LogP contribution in [-0.2, 0) is 9.47 Å². The fraction of sp³-hybridized carbons (Fsp3) is 0.455. The van der Waals surface area contributed by atoms with Crippen molar-refractivity contribution in [1.29, 1.82) is 0 Å². The van der Waals surface area contributed by atoms with Crippen LogP contribution in [0, 0.1) is 5.92 Å². The third kappa shape index (κ3) is 4.18. The van der Waals surface area contributed by atoms with Crippen molar-refractivity contribution in [3.05, 3.63) is 42.6 Å². The highest BCUT2D eigenvalue weighted by atomic mass is 32.2. The molecule has 0 bridgehead atoms. The number of alkyl halides is 3. The molecule has 4 atom stereocenters. The van der Waals surface area contributed by atoms with E-state index < -0.39 is 11.3 Å². The molecule has 170 valence electrons. The molecule has 10 heteroatoms. The highest BCUT2D eigenvalue weighted by Crippen LogP contribution is 2.42. The standard InChI is InChI=1S/C22H23F3N4O2S/c1-12-9-16(20-19(12)30-21(2,3)31-20)27-17-7-8-26-18-11-15(28-29(17)18)13-5-4-6-14(10-13)32-22(23,24)25/h4-8,10-12,16,19-20,27H,9H2,1-3H3/t12-,16-,19-,20+/m1/s1. The van der Waals surface area contributed by atoms with Crippen molar-refractivity contribution in [1.82, 2.24) is 14.6 Å². The molecule has 1 N–H and O–H groups in total. The predicted octanol–water partition coefficient (Wildman–Crippen LogP) is 5.35. The Hall–Kier alpha value is -2.30. The second kappa shape index (κ2) is 7.64. The van der Waals surface area contributed by atoms with Gasteiger partial charge in [0.2, 0.25) is 0 Å². The van der Waals surface area contributed by atoms with Crippen LogP contribution >= 0.6 is 11.8 Å². The molecular formula is C22H23F3N4O2S. The fourth-order valence-electron chi connectivity index (χ4n) is 4.57. The molecule has 2 aromatic heterocycles. The zero-order valence-corrected chi connectivity index (χ0v) is 18.6. The summed E-state index contributed by atoms with van der Waals surface area (Å²) in [6.45, 7) is 6.00.